The molecule has 1 saturated carbocycles. The van der Waals surface area contributed by atoms with Crippen LogP contribution in [0.3, 0.4) is 0 Å². The van der Waals surface area contributed by atoms with Gasteiger partial charge in [0.2, 0.25) is 6.41 Å². The number of carbonyl (C=O) groups is 2. The van der Waals surface area contributed by atoms with Crippen LogP contribution in [0, 0.1) is 0 Å². The predicted octanol–water partition coefficient (Wildman–Crippen LogP) is 4.95. The molecule has 1 aromatic heterocycles. The number of ether oxygens (including phenoxy) is 1. The van der Waals surface area contributed by atoms with Gasteiger partial charge in [0, 0.05) is 37.9 Å². The van der Waals surface area contributed by atoms with Gasteiger partial charge in [-0.15, -0.1) is 13.2 Å². The van der Waals surface area contributed by atoms with E-state index in [-0.39, 0.29) is 17.7 Å². The molecule has 2 aliphatic rings. The Hall–Kier alpha value is -3.30. The van der Waals surface area contributed by atoms with Crippen LogP contribution in [0.1, 0.15) is 60.4 Å². The fraction of sp³-hybridized carbons (Fsp3) is 0.480. The molecule has 2 aromatic rings. The van der Waals surface area contributed by atoms with Crippen LogP contribution in [0.25, 0.3) is 0 Å². The summed E-state index contributed by atoms with van der Waals surface area (Å²) >= 11 is 0. The van der Waals surface area contributed by atoms with Crippen molar-refractivity contribution in [1.82, 2.24) is 9.88 Å². The number of amides is 2. The third kappa shape index (κ3) is 6.04. The van der Waals surface area contributed by atoms with E-state index in [0.29, 0.717) is 49.6 Å². The van der Waals surface area contributed by atoms with Crippen LogP contribution in [-0.2, 0) is 4.79 Å². The fourth-order valence-corrected chi connectivity index (χ4v) is 5.02. The van der Waals surface area contributed by atoms with Crippen molar-refractivity contribution >= 4 is 23.8 Å². The molecular weight excluding hydrogens is 461 g/mol. The van der Waals surface area contributed by atoms with Gasteiger partial charge in [0.25, 0.3) is 5.91 Å². The van der Waals surface area contributed by atoms with Crippen LogP contribution >= 0.6 is 0 Å². The number of piperidine rings is 1. The van der Waals surface area contributed by atoms with Crippen molar-refractivity contribution in [1.29, 1.82) is 0 Å². The smallest absolute Gasteiger partial charge is 0.406 e. The van der Waals surface area contributed by atoms with Gasteiger partial charge in [0.1, 0.15) is 5.75 Å². The summed E-state index contributed by atoms with van der Waals surface area (Å²) in [4.78, 5) is 32.3. The molecule has 1 aliphatic heterocycles. The summed E-state index contributed by atoms with van der Waals surface area (Å²) < 4.78 is 40.9. The molecule has 0 radical (unpaired) electrons. The average Bonchev–Trinajstić information content (AvgIpc) is 3.38. The molecule has 35 heavy (non-hydrogen) atoms. The molecule has 2 amide bonds. The predicted molar refractivity (Wildman–Crippen MR) is 126 cm³/mol. The second-order valence-electron chi connectivity index (χ2n) is 9.09. The summed E-state index contributed by atoms with van der Waals surface area (Å²) in [6, 6.07) is 7.25. The molecule has 10 heteroatoms. The van der Waals surface area contributed by atoms with Crippen LogP contribution < -0.4 is 15.0 Å². The highest BCUT2D eigenvalue weighted by atomic mass is 19.4. The number of benzene rings is 1. The second kappa shape index (κ2) is 10.5. The van der Waals surface area contributed by atoms with Gasteiger partial charge in [0.15, 0.2) is 5.82 Å². The van der Waals surface area contributed by atoms with Crippen LogP contribution in [0.5, 0.6) is 5.75 Å². The van der Waals surface area contributed by atoms with Crippen LogP contribution in [0.2, 0.25) is 0 Å². The highest BCUT2D eigenvalue weighted by Gasteiger charge is 2.31. The topological polar surface area (TPSA) is 74.8 Å². The highest BCUT2D eigenvalue weighted by molar-refractivity contribution is 5.94. The third-order valence-corrected chi connectivity index (χ3v) is 6.93. The molecule has 4 rings (SSSR count). The lowest BCUT2D eigenvalue weighted by molar-refractivity contribution is -0.274. The van der Waals surface area contributed by atoms with Gasteiger partial charge < -0.3 is 19.9 Å². The SMILES string of the molecule is CN(c1cc(C2CCCC2)cnc1NC=O)C1CCN(C(=O)c2ccc(OC(F)(F)F)cc2)CC1. The first-order chi connectivity index (χ1) is 16.7. The molecule has 0 unspecified atom stereocenters. The number of hydrogen-bond acceptors (Lipinski definition) is 5. The number of alkyl halides is 3. The zero-order valence-electron chi connectivity index (χ0n) is 19.6. The minimum Gasteiger partial charge on any atom is -0.406 e. The lowest BCUT2D eigenvalue weighted by Crippen LogP contribution is -2.45. The molecule has 1 saturated heterocycles. The number of carbonyl (C=O) groups excluding carboxylic acids is 2. The number of nitrogens with one attached hydrogen (secondary N) is 1. The van der Waals surface area contributed by atoms with E-state index in [9.17, 15) is 22.8 Å². The lowest BCUT2D eigenvalue weighted by atomic mass is 9.97. The van der Waals surface area contributed by atoms with Crippen LogP contribution in [0.15, 0.2) is 36.5 Å². The zero-order valence-corrected chi connectivity index (χ0v) is 19.6. The molecule has 0 atom stereocenters. The minimum absolute atomic E-state index is 0.148. The van der Waals surface area contributed by atoms with Crippen molar-refractivity contribution in [2.75, 3.05) is 30.4 Å². The first kappa shape index (κ1) is 24.8. The number of rotatable bonds is 7. The molecule has 2 heterocycles. The Morgan fingerprint density at radius 3 is 2.40 bits per heavy atom. The van der Waals surface area contributed by atoms with Gasteiger partial charge >= 0.3 is 6.36 Å². The molecule has 0 spiro atoms. The molecule has 0 bridgehead atoms. The van der Waals surface area contributed by atoms with E-state index in [4.69, 9.17) is 0 Å². The van der Waals surface area contributed by atoms with Crippen LogP contribution in [-0.4, -0.2) is 54.7 Å². The fourth-order valence-electron chi connectivity index (χ4n) is 5.02. The zero-order chi connectivity index (χ0) is 25.0. The van der Waals surface area contributed by atoms with E-state index in [1.165, 1.54) is 30.5 Å². The molecule has 1 aliphatic carbocycles. The maximum absolute atomic E-state index is 12.9. The Kier molecular flexibility index (Phi) is 7.47. The van der Waals surface area contributed by atoms with Gasteiger partial charge in [-0.2, -0.15) is 0 Å². The van der Waals surface area contributed by atoms with E-state index < -0.39 is 6.36 Å². The van der Waals surface area contributed by atoms with Gasteiger partial charge in [-0.05, 0) is 67.5 Å². The maximum atomic E-state index is 12.9. The van der Waals surface area contributed by atoms with Crippen LogP contribution in [0.4, 0.5) is 24.7 Å². The number of anilines is 2. The number of halogens is 3. The lowest BCUT2D eigenvalue weighted by Gasteiger charge is -2.38. The maximum Gasteiger partial charge on any atom is 0.573 e. The molecule has 1 aromatic carbocycles. The van der Waals surface area contributed by atoms with E-state index in [2.05, 4.69) is 26.0 Å². The Morgan fingerprint density at radius 1 is 1.14 bits per heavy atom. The number of likely N-dealkylation sites (tertiary alicyclic amines) is 1. The van der Waals surface area contributed by atoms with Crippen molar-refractivity contribution in [2.45, 2.75) is 56.8 Å². The Morgan fingerprint density at radius 2 is 1.80 bits per heavy atom. The van der Waals surface area contributed by atoms with Crippen molar-refractivity contribution in [2.24, 2.45) is 0 Å². The quantitative estimate of drug-likeness (QED) is 0.556. The first-order valence-electron chi connectivity index (χ1n) is 11.8. The van der Waals surface area contributed by atoms with Gasteiger partial charge in [0.05, 0.1) is 5.69 Å². The van der Waals surface area contributed by atoms with Crippen molar-refractivity contribution < 1.29 is 27.5 Å². The standard InChI is InChI=1S/C25H29F3N4O3/c1-31(22-14-19(17-4-2-3-5-17)15-29-23(22)30-16-33)20-10-12-32(13-11-20)24(34)18-6-8-21(9-7-18)35-25(26,27)28/h6-9,14-17,20H,2-5,10-13H2,1H3,(H,29,30,33). The second-order valence-corrected chi connectivity index (χ2v) is 9.09. The third-order valence-electron chi connectivity index (χ3n) is 6.93. The van der Waals surface area contributed by atoms with E-state index in [1.807, 2.05) is 13.2 Å². The minimum atomic E-state index is -4.77. The molecule has 1 N–H and O–H groups in total. The Labute approximate surface area is 202 Å². The summed E-state index contributed by atoms with van der Waals surface area (Å²) in [5, 5.41) is 2.70. The van der Waals surface area contributed by atoms with Crippen molar-refractivity contribution in [3.63, 3.8) is 0 Å². The Balaban J connectivity index is 1.40. The van der Waals surface area contributed by atoms with Gasteiger partial charge in [-0.1, -0.05) is 12.8 Å². The summed E-state index contributed by atoms with van der Waals surface area (Å²) in [6.45, 7) is 1.03. The van der Waals surface area contributed by atoms with Crippen molar-refractivity contribution in [3.05, 3.63) is 47.7 Å². The molecular formula is C25H29F3N4O3. The first-order valence-corrected chi connectivity index (χ1v) is 11.8. The largest absolute Gasteiger partial charge is 0.573 e. The Bertz CT molecular complexity index is 1030. The van der Waals surface area contributed by atoms with E-state index in [1.54, 1.807) is 4.90 Å². The summed E-state index contributed by atoms with van der Waals surface area (Å²) in [7, 11) is 1.98. The monoisotopic (exact) mass is 490 g/mol. The molecule has 2 fully saturated rings. The number of hydrogen-bond donors (Lipinski definition) is 1. The number of pyridine rings is 1. The van der Waals surface area contributed by atoms with E-state index >= 15 is 0 Å². The molecule has 7 nitrogen and oxygen atoms in total. The van der Waals surface area contributed by atoms with Gasteiger partial charge in [-0.3, -0.25) is 9.59 Å². The summed E-state index contributed by atoms with van der Waals surface area (Å²) in [6.07, 6.45) is 3.87. The average molecular weight is 491 g/mol. The van der Waals surface area contributed by atoms with Gasteiger partial charge in [-0.25, -0.2) is 4.98 Å². The summed E-state index contributed by atoms with van der Waals surface area (Å²) in [5.74, 6) is 0.427. The number of nitrogens with zero attached hydrogens (tertiary/aromatic N) is 3. The van der Waals surface area contributed by atoms with Crippen molar-refractivity contribution in [3.8, 4) is 5.75 Å². The number of aromatic nitrogens is 1. The molecule has 188 valence electrons. The summed E-state index contributed by atoms with van der Waals surface area (Å²) in [5.41, 5.74) is 2.37. The normalized spacial score (nSPS) is 17.3. The van der Waals surface area contributed by atoms with E-state index in [0.717, 1.165) is 30.7 Å². The highest BCUT2D eigenvalue weighted by Crippen LogP contribution is 2.37.